The highest BCUT2D eigenvalue weighted by Gasteiger charge is 2.60. The molecule has 0 aromatic rings. The van der Waals surface area contributed by atoms with E-state index in [0.717, 1.165) is 38.0 Å². The van der Waals surface area contributed by atoms with Crippen molar-refractivity contribution in [2.45, 2.75) is 97.8 Å². The molecule has 26 heavy (non-hydrogen) atoms. The standard InChI is InChI=1S/C22H38O4/c1-4-5-14-21(19(23)24)16-11-12-17-22(21,20(25)26)15-10-8-6-7-9-13-18(2)3/h11-12,18H,4-10,13-17H2,1-3H3,(H,23,24)(H,25,26). The maximum atomic E-state index is 12.3. The highest BCUT2D eigenvalue weighted by atomic mass is 16.4. The Kier molecular flexibility index (Phi) is 9.38. The van der Waals surface area contributed by atoms with Crippen molar-refractivity contribution in [2.24, 2.45) is 16.7 Å². The van der Waals surface area contributed by atoms with E-state index >= 15 is 0 Å². The lowest BCUT2D eigenvalue weighted by Gasteiger charge is -2.46. The lowest BCUT2D eigenvalue weighted by molar-refractivity contribution is -0.177. The number of carbonyl (C=O) groups is 2. The molecule has 2 N–H and O–H groups in total. The quantitative estimate of drug-likeness (QED) is 0.307. The molecular formula is C22H38O4. The third kappa shape index (κ3) is 5.34. The van der Waals surface area contributed by atoms with Gasteiger partial charge in [-0.15, -0.1) is 0 Å². The monoisotopic (exact) mass is 366 g/mol. The fourth-order valence-electron chi connectivity index (χ4n) is 4.43. The van der Waals surface area contributed by atoms with Gasteiger partial charge in [-0.1, -0.05) is 84.3 Å². The van der Waals surface area contributed by atoms with E-state index in [1.807, 2.05) is 19.1 Å². The zero-order valence-corrected chi connectivity index (χ0v) is 16.9. The molecule has 2 unspecified atom stereocenters. The van der Waals surface area contributed by atoms with Crippen molar-refractivity contribution in [3.63, 3.8) is 0 Å². The first-order valence-electron chi connectivity index (χ1n) is 10.4. The largest absolute Gasteiger partial charge is 0.481 e. The second-order valence-corrected chi connectivity index (χ2v) is 8.46. The lowest BCUT2D eigenvalue weighted by Crippen LogP contribution is -2.53. The Bertz CT molecular complexity index is 483. The second kappa shape index (κ2) is 10.7. The third-order valence-electron chi connectivity index (χ3n) is 6.18. The number of aliphatic carboxylic acids is 2. The summed E-state index contributed by atoms with van der Waals surface area (Å²) in [5.41, 5.74) is -2.33. The first-order chi connectivity index (χ1) is 12.3. The van der Waals surface area contributed by atoms with Crippen molar-refractivity contribution in [2.75, 3.05) is 0 Å². The molecule has 0 aromatic carbocycles. The van der Waals surface area contributed by atoms with E-state index in [9.17, 15) is 19.8 Å². The van der Waals surface area contributed by atoms with Gasteiger partial charge in [0.25, 0.3) is 0 Å². The van der Waals surface area contributed by atoms with Gasteiger partial charge >= 0.3 is 11.9 Å². The Labute approximate surface area is 159 Å². The van der Waals surface area contributed by atoms with Gasteiger partial charge in [0.15, 0.2) is 0 Å². The number of rotatable bonds is 13. The molecule has 4 heteroatoms. The topological polar surface area (TPSA) is 74.6 Å². The van der Waals surface area contributed by atoms with Crippen molar-refractivity contribution < 1.29 is 19.8 Å². The van der Waals surface area contributed by atoms with Gasteiger partial charge < -0.3 is 10.2 Å². The van der Waals surface area contributed by atoms with Crippen molar-refractivity contribution in [1.29, 1.82) is 0 Å². The van der Waals surface area contributed by atoms with Gasteiger partial charge in [-0.25, -0.2) is 0 Å². The van der Waals surface area contributed by atoms with Crippen LogP contribution in [0.5, 0.6) is 0 Å². The van der Waals surface area contributed by atoms with Crippen LogP contribution in [0.1, 0.15) is 97.8 Å². The fraction of sp³-hybridized carbons (Fsp3) is 0.818. The molecule has 0 saturated carbocycles. The molecule has 0 fully saturated rings. The maximum Gasteiger partial charge on any atom is 0.311 e. The molecule has 0 saturated heterocycles. The first-order valence-corrected chi connectivity index (χ1v) is 10.4. The Morgan fingerprint density at radius 2 is 1.31 bits per heavy atom. The number of hydrogen-bond acceptors (Lipinski definition) is 2. The molecule has 0 bridgehead atoms. The van der Waals surface area contributed by atoms with Crippen LogP contribution in [-0.4, -0.2) is 22.2 Å². The summed E-state index contributed by atoms with van der Waals surface area (Å²) in [6, 6.07) is 0. The summed E-state index contributed by atoms with van der Waals surface area (Å²) in [5.74, 6) is -1.14. The average molecular weight is 367 g/mol. The van der Waals surface area contributed by atoms with Gasteiger partial charge in [0.05, 0.1) is 10.8 Å². The van der Waals surface area contributed by atoms with Gasteiger partial charge in [0.2, 0.25) is 0 Å². The van der Waals surface area contributed by atoms with Gasteiger partial charge in [-0.2, -0.15) is 0 Å². The minimum Gasteiger partial charge on any atom is -0.481 e. The zero-order valence-electron chi connectivity index (χ0n) is 16.9. The first kappa shape index (κ1) is 22.7. The van der Waals surface area contributed by atoms with Crippen LogP contribution < -0.4 is 0 Å². The van der Waals surface area contributed by atoms with Crippen LogP contribution in [0.4, 0.5) is 0 Å². The number of allylic oxidation sites excluding steroid dienone is 2. The van der Waals surface area contributed by atoms with Crippen LogP contribution in [-0.2, 0) is 9.59 Å². The molecule has 0 radical (unpaired) electrons. The van der Waals surface area contributed by atoms with Crippen LogP contribution in [0.3, 0.4) is 0 Å². The smallest absolute Gasteiger partial charge is 0.311 e. The van der Waals surface area contributed by atoms with Crippen molar-refractivity contribution >= 4 is 11.9 Å². The van der Waals surface area contributed by atoms with Crippen molar-refractivity contribution in [3.05, 3.63) is 12.2 Å². The molecule has 1 rings (SSSR count). The maximum absolute atomic E-state index is 12.3. The van der Waals surface area contributed by atoms with Crippen LogP contribution >= 0.6 is 0 Å². The fourth-order valence-corrected chi connectivity index (χ4v) is 4.43. The van der Waals surface area contributed by atoms with E-state index in [2.05, 4.69) is 13.8 Å². The Morgan fingerprint density at radius 1 is 0.846 bits per heavy atom. The van der Waals surface area contributed by atoms with E-state index in [-0.39, 0.29) is 0 Å². The van der Waals surface area contributed by atoms with Crippen molar-refractivity contribution in [3.8, 4) is 0 Å². The van der Waals surface area contributed by atoms with E-state index in [1.54, 1.807) is 0 Å². The Morgan fingerprint density at radius 3 is 1.77 bits per heavy atom. The molecule has 0 aromatic heterocycles. The molecule has 1 aliphatic carbocycles. The predicted molar refractivity (Wildman–Crippen MR) is 105 cm³/mol. The summed E-state index contributed by atoms with van der Waals surface area (Å²) >= 11 is 0. The Hall–Kier alpha value is -1.32. The molecule has 0 aliphatic heterocycles. The summed E-state index contributed by atoms with van der Waals surface area (Å²) in [5, 5.41) is 20.1. The molecule has 2 atom stereocenters. The molecule has 4 nitrogen and oxygen atoms in total. The molecule has 0 amide bonds. The number of unbranched alkanes of at least 4 members (excludes halogenated alkanes) is 5. The summed E-state index contributed by atoms with van der Waals surface area (Å²) < 4.78 is 0. The highest BCUT2D eigenvalue weighted by molar-refractivity contribution is 5.87. The molecule has 150 valence electrons. The summed E-state index contributed by atoms with van der Waals surface area (Å²) in [4.78, 5) is 24.5. The van der Waals surface area contributed by atoms with Crippen LogP contribution in [0.2, 0.25) is 0 Å². The summed E-state index contributed by atoms with van der Waals surface area (Å²) in [6.07, 6.45) is 13.5. The minimum atomic E-state index is -1.17. The van der Waals surface area contributed by atoms with Gasteiger partial charge in [0.1, 0.15) is 0 Å². The summed E-state index contributed by atoms with van der Waals surface area (Å²) in [7, 11) is 0. The van der Waals surface area contributed by atoms with E-state index in [1.165, 1.54) is 19.3 Å². The zero-order chi connectivity index (χ0) is 19.6. The van der Waals surface area contributed by atoms with Gasteiger partial charge in [-0.3, -0.25) is 9.59 Å². The third-order valence-corrected chi connectivity index (χ3v) is 6.18. The Balaban J connectivity index is 2.79. The predicted octanol–water partition coefficient (Wildman–Crippen LogP) is 6.06. The molecule has 0 spiro atoms. The normalized spacial score (nSPS) is 25.5. The number of hydrogen-bond donors (Lipinski definition) is 2. The molecule has 1 aliphatic rings. The van der Waals surface area contributed by atoms with E-state index in [0.29, 0.717) is 25.7 Å². The van der Waals surface area contributed by atoms with Crippen molar-refractivity contribution in [1.82, 2.24) is 0 Å². The van der Waals surface area contributed by atoms with Gasteiger partial charge in [0, 0.05) is 0 Å². The van der Waals surface area contributed by atoms with E-state index in [4.69, 9.17) is 0 Å². The molecule has 0 heterocycles. The average Bonchev–Trinajstić information content (AvgIpc) is 2.59. The number of carboxylic acids is 2. The summed E-state index contributed by atoms with van der Waals surface area (Å²) in [6.45, 7) is 6.48. The second-order valence-electron chi connectivity index (χ2n) is 8.46. The van der Waals surface area contributed by atoms with E-state index < -0.39 is 22.8 Å². The molecular weight excluding hydrogens is 328 g/mol. The lowest BCUT2D eigenvalue weighted by atomic mass is 9.54. The van der Waals surface area contributed by atoms with Crippen LogP contribution in [0, 0.1) is 16.7 Å². The number of carboxylic acid groups (broad SMARTS) is 2. The van der Waals surface area contributed by atoms with Gasteiger partial charge in [-0.05, 0) is 31.6 Å². The highest BCUT2D eigenvalue weighted by Crippen LogP contribution is 2.55. The SMILES string of the molecule is CCCCC1(C(=O)O)CC=CCC1(CCCCCCCC(C)C)C(=O)O. The van der Waals surface area contributed by atoms with Crippen LogP contribution in [0.25, 0.3) is 0 Å². The van der Waals surface area contributed by atoms with Crippen LogP contribution in [0.15, 0.2) is 12.2 Å². The minimum absolute atomic E-state index is 0.336.